The van der Waals surface area contributed by atoms with Gasteiger partial charge < -0.3 is 10.1 Å². The summed E-state index contributed by atoms with van der Waals surface area (Å²) in [5.74, 6) is 0.960. The van der Waals surface area contributed by atoms with Gasteiger partial charge in [0, 0.05) is 27.9 Å². The van der Waals surface area contributed by atoms with Crippen LogP contribution in [0.5, 0.6) is 5.75 Å². The van der Waals surface area contributed by atoms with Gasteiger partial charge in [-0.1, -0.05) is 17.7 Å². The van der Waals surface area contributed by atoms with Crippen LogP contribution in [0.2, 0.25) is 0 Å². The lowest BCUT2D eigenvalue weighted by atomic mass is 10.1. The van der Waals surface area contributed by atoms with Crippen LogP contribution in [0.15, 0.2) is 30.3 Å². The van der Waals surface area contributed by atoms with Gasteiger partial charge in [-0.2, -0.15) is 0 Å². The second kappa shape index (κ2) is 6.91. The molecule has 0 saturated carbocycles. The molecule has 1 aromatic heterocycles. The van der Waals surface area contributed by atoms with E-state index in [1.54, 1.807) is 7.11 Å². The quantitative estimate of drug-likeness (QED) is 0.864. The Morgan fingerprint density at radius 3 is 2.65 bits per heavy atom. The second-order valence-corrected chi connectivity index (χ2v) is 6.69. The molecule has 2 nitrogen and oxygen atoms in total. The van der Waals surface area contributed by atoms with Crippen LogP contribution in [-0.4, -0.2) is 13.2 Å². The molecule has 0 radical (unpaired) electrons. The normalized spacial score (nSPS) is 12.4. The summed E-state index contributed by atoms with van der Waals surface area (Å²) >= 11 is 1.88. The minimum Gasteiger partial charge on any atom is -0.496 e. The predicted octanol–water partition coefficient (Wildman–Crippen LogP) is 4.09. The fourth-order valence-corrected chi connectivity index (χ4v) is 3.32. The van der Waals surface area contributed by atoms with Crippen molar-refractivity contribution in [2.45, 2.75) is 39.8 Å². The molecule has 2 rings (SSSR count). The van der Waals surface area contributed by atoms with Gasteiger partial charge in [0.1, 0.15) is 5.75 Å². The van der Waals surface area contributed by atoms with Gasteiger partial charge >= 0.3 is 0 Å². The standard InChI is InChI=1S/C17H23NOS/c1-12-5-8-17(19-4)15(9-12)11-18-13(2)10-16-7-6-14(3)20-16/h5-9,13,18H,10-11H2,1-4H3. The van der Waals surface area contributed by atoms with Crippen molar-refractivity contribution in [3.8, 4) is 5.75 Å². The molecular weight excluding hydrogens is 266 g/mol. The van der Waals surface area contributed by atoms with E-state index in [9.17, 15) is 0 Å². The summed E-state index contributed by atoms with van der Waals surface area (Å²) in [6.45, 7) is 7.35. The number of hydrogen-bond donors (Lipinski definition) is 1. The van der Waals surface area contributed by atoms with E-state index in [0.717, 1.165) is 18.7 Å². The van der Waals surface area contributed by atoms with Crippen LogP contribution in [0.25, 0.3) is 0 Å². The first-order valence-electron chi connectivity index (χ1n) is 7.00. The van der Waals surface area contributed by atoms with E-state index < -0.39 is 0 Å². The first kappa shape index (κ1) is 15.1. The molecule has 108 valence electrons. The number of nitrogens with one attached hydrogen (secondary N) is 1. The van der Waals surface area contributed by atoms with Crippen molar-refractivity contribution in [3.63, 3.8) is 0 Å². The summed E-state index contributed by atoms with van der Waals surface area (Å²) < 4.78 is 5.42. The van der Waals surface area contributed by atoms with Gasteiger partial charge in [0.15, 0.2) is 0 Å². The van der Waals surface area contributed by atoms with Crippen LogP contribution in [0, 0.1) is 13.8 Å². The van der Waals surface area contributed by atoms with Crippen LogP contribution >= 0.6 is 11.3 Å². The lowest BCUT2D eigenvalue weighted by molar-refractivity contribution is 0.405. The number of benzene rings is 1. The first-order valence-corrected chi connectivity index (χ1v) is 7.82. The molecule has 20 heavy (non-hydrogen) atoms. The number of methoxy groups -OCH3 is 1. The third-order valence-electron chi connectivity index (χ3n) is 3.38. The van der Waals surface area contributed by atoms with Crippen molar-refractivity contribution in [2.24, 2.45) is 0 Å². The summed E-state index contributed by atoms with van der Waals surface area (Å²) in [5.41, 5.74) is 2.49. The highest BCUT2D eigenvalue weighted by molar-refractivity contribution is 7.11. The Balaban J connectivity index is 1.92. The molecule has 1 unspecified atom stereocenters. The highest BCUT2D eigenvalue weighted by Crippen LogP contribution is 2.20. The molecule has 2 aromatic rings. The molecule has 0 spiro atoms. The van der Waals surface area contributed by atoms with Crippen LogP contribution in [0.3, 0.4) is 0 Å². The van der Waals surface area contributed by atoms with Crippen LogP contribution in [-0.2, 0) is 13.0 Å². The fourth-order valence-electron chi connectivity index (χ4n) is 2.30. The Morgan fingerprint density at radius 1 is 1.20 bits per heavy atom. The van der Waals surface area contributed by atoms with E-state index in [0.29, 0.717) is 6.04 Å². The van der Waals surface area contributed by atoms with Crippen LogP contribution in [0.4, 0.5) is 0 Å². The van der Waals surface area contributed by atoms with Gasteiger partial charge in [-0.15, -0.1) is 11.3 Å². The van der Waals surface area contributed by atoms with Crippen LogP contribution in [0.1, 0.15) is 27.8 Å². The molecule has 1 heterocycles. The van der Waals surface area contributed by atoms with Gasteiger partial charge in [0.05, 0.1) is 7.11 Å². The van der Waals surface area contributed by atoms with E-state index in [1.165, 1.54) is 20.9 Å². The molecule has 1 N–H and O–H groups in total. The maximum Gasteiger partial charge on any atom is 0.123 e. The summed E-state index contributed by atoms with van der Waals surface area (Å²) in [4.78, 5) is 2.83. The number of aryl methyl sites for hydroxylation is 2. The minimum absolute atomic E-state index is 0.457. The average Bonchev–Trinajstić information content (AvgIpc) is 2.82. The summed E-state index contributed by atoms with van der Waals surface area (Å²) in [5, 5.41) is 3.59. The Hall–Kier alpha value is -1.32. The molecule has 0 aliphatic heterocycles. The van der Waals surface area contributed by atoms with Crippen molar-refractivity contribution in [3.05, 3.63) is 51.2 Å². The van der Waals surface area contributed by atoms with Crippen molar-refractivity contribution < 1.29 is 4.74 Å². The van der Waals surface area contributed by atoms with E-state index >= 15 is 0 Å². The zero-order chi connectivity index (χ0) is 14.5. The Labute approximate surface area is 125 Å². The largest absolute Gasteiger partial charge is 0.496 e. The predicted molar refractivity (Wildman–Crippen MR) is 86.8 cm³/mol. The smallest absolute Gasteiger partial charge is 0.123 e. The highest BCUT2D eigenvalue weighted by Gasteiger charge is 2.08. The maximum atomic E-state index is 5.42. The SMILES string of the molecule is COc1ccc(C)cc1CNC(C)Cc1ccc(C)s1. The zero-order valence-electron chi connectivity index (χ0n) is 12.7. The Bertz CT molecular complexity index is 562. The van der Waals surface area contributed by atoms with Crippen molar-refractivity contribution in [2.75, 3.05) is 7.11 Å². The molecular formula is C17H23NOS. The third kappa shape index (κ3) is 4.09. The monoisotopic (exact) mass is 289 g/mol. The van der Waals surface area contributed by atoms with Crippen molar-refractivity contribution in [1.82, 2.24) is 5.32 Å². The molecule has 3 heteroatoms. The van der Waals surface area contributed by atoms with Gasteiger partial charge in [-0.25, -0.2) is 0 Å². The number of hydrogen-bond acceptors (Lipinski definition) is 3. The summed E-state index contributed by atoms with van der Waals surface area (Å²) in [6.07, 6.45) is 1.08. The molecule has 0 bridgehead atoms. The molecule has 0 aliphatic rings. The Morgan fingerprint density at radius 2 is 2.00 bits per heavy atom. The molecule has 0 fully saturated rings. The maximum absolute atomic E-state index is 5.42. The van der Waals surface area contributed by atoms with Crippen molar-refractivity contribution >= 4 is 11.3 Å². The zero-order valence-corrected chi connectivity index (χ0v) is 13.5. The van der Waals surface area contributed by atoms with E-state index in [4.69, 9.17) is 4.74 Å². The lowest BCUT2D eigenvalue weighted by Crippen LogP contribution is -2.27. The fraction of sp³-hybridized carbons (Fsp3) is 0.412. The van der Waals surface area contributed by atoms with E-state index in [-0.39, 0.29) is 0 Å². The molecule has 0 aliphatic carbocycles. The number of ether oxygens (including phenoxy) is 1. The Kier molecular flexibility index (Phi) is 5.21. The molecule has 1 aromatic carbocycles. The number of rotatable bonds is 6. The first-order chi connectivity index (χ1) is 9.58. The van der Waals surface area contributed by atoms with Gasteiger partial charge in [-0.05, 0) is 45.4 Å². The second-order valence-electron chi connectivity index (χ2n) is 5.31. The molecule has 0 saturated heterocycles. The van der Waals surface area contributed by atoms with Crippen molar-refractivity contribution in [1.29, 1.82) is 0 Å². The third-order valence-corrected chi connectivity index (χ3v) is 4.40. The average molecular weight is 289 g/mol. The molecule has 1 atom stereocenters. The van der Waals surface area contributed by atoms with Crippen LogP contribution < -0.4 is 10.1 Å². The molecule has 0 amide bonds. The summed E-state index contributed by atoms with van der Waals surface area (Å²) in [7, 11) is 1.73. The van der Waals surface area contributed by atoms with E-state index in [1.807, 2.05) is 17.4 Å². The number of thiophene rings is 1. The van der Waals surface area contributed by atoms with Gasteiger partial charge in [-0.3, -0.25) is 0 Å². The lowest BCUT2D eigenvalue weighted by Gasteiger charge is -2.15. The van der Waals surface area contributed by atoms with Gasteiger partial charge in [0.2, 0.25) is 0 Å². The van der Waals surface area contributed by atoms with E-state index in [2.05, 4.69) is 50.4 Å². The highest BCUT2D eigenvalue weighted by atomic mass is 32.1. The minimum atomic E-state index is 0.457. The summed E-state index contributed by atoms with van der Waals surface area (Å²) in [6, 6.07) is 11.2. The topological polar surface area (TPSA) is 21.3 Å². The van der Waals surface area contributed by atoms with Gasteiger partial charge in [0.25, 0.3) is 0 Å².